The molecule has 1 heterocycles. The molecule has 0 bridgehead atoms. The Hall–Kier alpha value is -1.87. The van der Waals surface area contributed by atoms with Crippen molar-refractivity contribution < 1.29 is 9.47 Å². The Kier molecular flexibility index (Phi) is 14.6. The monoisotopic (exact) mass is 439 g/mol. The molecule has 0 saturated heterocycles. The lowest BCUT2D eigenvalue weighted by Gasteiger charge is -2.08. The molecule has 0 unspecified atom stereocenters. The molecule has 1 aromatic heterocycles. The van der Waals surface area contributed by atoms with Crippen LogP contribution in [0.3, 0.4) is 0 Å². The van der Waals surface area contributed by atoms with Crippen LogP contribution in [0.5, 0.6) is 5.75 Å². The minimum absolute atomic E-state index is 0.597. The van der Waals surface area contributed by atoms with Gasteiger partial charge in [0.1, 0.15) is 12.4 Å². The number of ether oxygens (including phenoxy) is 2. The van der Waals surface area contributed by atoms with Crippen LogP contribution in [0.4, 0.5) is 0 Å². The molecule has 0 fully saturated rings. The highest BCUT2D eigenvalue weighted by molar-refractivity contribution is 5.60. The summed E-state index contributed by atoms with van der Waals surface area (Å²) in [6.07, 6.45) is 19.0. The van der Waals surface area contributed by atoms with E-state index in [0.717, 1.165) is 36.5 Å². The molecule has 0 saturated carbocycles. The SMILES string of the molecule is CCCCCCCCCc1ccc(-c2ccc(OCCOCCCCCCC)cc2)nc1. The molecule has 1 aromatic carbocycles. The number of benzene rings is 1. The Morgan fingerprint density at radius 2 is 1.28 bits per heavy atom. The van der Waals surface area contributed by atoms with Crippen molar-refractivity contribution in [2.45, 2.75) is 97.3 Å². The van der Waals surface area contributed by atoms with Gasteiger partial charge in [0.2, 0.25) is 0 Å². The smallest absolute Gasteiger partial charge is 0.119 e. The predicted octanol–water partition coefficient (Wildman–Crippen LogP) is 8.41. The van der Waals surface area contributed by atoms with Gasteiger partial charge in [0, 0.05) is 18.4 Å². The van der Waals surface area contributed by atoms with Crippen molar-refractivity contribution in [3.05, 3.63) is 48.2 Å². The third-order valence-corrected chi connectivity index (χ3v) is 5.93. The summed E-state index contributed by atoms with van der Waals surface area (Å²) in [4.78, 5) is 4.68. The van der Waals surface area contributed by atoms with Gasteiger partial charge in [-0.3, -0.25) is 4.98 Å². The average molecular weight is 440 g/mol. The number of hydrogen-bond donors (Lipinski definition) is 0. The highest BCUT2D eigenvalue weighted by atomic mass is 16.5. The Morgan fingerprint density at radius 3 is 1.94 bits per heavy atom. The van der Waals surface area contributed by atoms with Crippen LogP contribution < -0.4 is 4.74 Å². The average Bonchev–Trinajstić information content (AvgIpc) is 2.83. The van der Waals surface area contributed by atoms with Gasteiger partial charge in [-0.25, -0.2) is 0 Å². The summed E-state index contributed by atoms with van der Waals surface area (Å²) in [5.41, 5.74) is 3.49. The van der Waals surface area contributed by atoms with Gasteiger partial charge in [-0.15, -0.1) is 0 Å². The van der Waals surface area contributed by atoms with Crippen LogP contribution in [0.15, 0.2) is 42.6 Å². The van der Waals surface area contributed by atoms with E-state index in [1.54, 1.807) is 0 Å². The van der Waals surface area contributed by atoms with E-state index in [1.165, 1.54) is 76.2 Å². The molecule has 0 spiro atoms. The zero-order valence-corrected chi connectivity index (χ0v) is 20.6. The number of nitrogens with zero attached hydrogens (tertiary/aromatic N) is 1. The first-order valence-electron chi connectivity index (χ1n) is 13.1. The van der Waals surface area contributed by atoms with Gasteiger partial charge in [0.25, 0.3) is 0 Å². The first-order chi connectivity index (χ1) is 15.8. The van der Waals surface area contributed by atoms with Crippen molar-refractivity contribution in [2.24, 2.45) is 0 Å². The van der Waals surface area contributed by atoms with Crippen LogP contribution in [0.1, 0.15) is 96.5 Å². The largest absolute Gasteiger partial charge is 0.491 e. The number of aromatic nitrogens is 1. The first kappa shape index (κ1) is 26.4. The third-order valence-electron chi connectivity index (χ3n) is 5.93. The summed E-state index contributed by atoms with van der Waals surface area (Å²) in [6.45, 7) is 6.60. The number of pyridine rings is 1. The highest BCUT2D eigenvalue weighted by Gasteiger charge is 2.02. The van der Waals surface area contributed by atoms with E-state index >= 15 is 0 Å². The van der Waals surface area contributed by atoms with Crippen molar-refractivity contribution in [2.75, 3.05) is 19.8 Å². The van der Waals surface area contributed by atoms with Gasteiger partial charge in [0.15, 0.2) is 0 Å². The summed E-state index contributed by atoms with van der Waals surface area (Å²) >= 11 is 0. The maximum atomic E-state index is 5.80. The second-order valence-electron chi connectivity index (χ2n) is 8.82. The van der Waals surface area contributed by atoms with Crippen molar-refractivity contribution in [1.29, 1.82) is 0 Å². The van der Waals surface area contributed by atoms with Crippen molar-refractivity contribution in [3.63, 3.8) is 0 Å². The van der Waals surface area contributed by atoms with Gasteiger partial charge in [-0.05, 0) is 55.2 Å². The number of hydrogen-bond acceptors (Lipinski definition) is 3. The summed E-state index contributed by atoms with van der Waals surface area (Å²) < 4.78 is 11.5. The highest BCUT2D eigenvalue weighted by Crippen LogP contribution is 2.21. The Morgan fingerprint density at radius 1 is 0.625 bits per heavy atom. The van der Waals surface area contributed by atoms with Gasteiger partial charge in [-0.1, -0.05) is 84.1 Å². The van der Waals surface area contributed by atoms with E-state index in [-0.39, 0.29) is 0 Å². The van der Waals surface area contributed by atoms with Crippen LogP contribution in [0.25, 0.3) is 11.3 Å². The molecular weight excluding hydrogens is 394 g/mol. The summed E-state index contributed by atoms with van der Waals surface area (Å²) in [7, 11) is 0. The topological polar surface area (TPSA) is 31.4 Å². The molecule has 0 atom stereocenters. The molecule has 3 nitrogen and oxygen atoms in total. The fourth-order valence-corrected chi connectivity index (χ4v) is 3.88. The molecule has 178 valence electrons. The van der Waals surface area contributed by atoms with E-state index in [2.05, 4.69) is 43.1 Å². The lowest BCUT2D eigenvalue weighted by molar-refractivity contribution is 0.0971. The Balaban J connectivity index is 1.60. The molecular formula is C29H45NO2. The molecule has 0 radical (unpaired) electrons. The summed E-state index contributed by atoms with van der Waals surface area (Å²) in [5, 5.41) is 0. The van der Waals surface area contributed by atoms with Crippen LogP contribution in [0, 0.1) is 0 Å². The number of unbranched alkanes of at least 4 members (excludes halogenated alkanes) is 10. The second kappa shape index (κ2) is 17.7. The zero-order chi connectivity index (χ0) is 22.7. The molecule has 3 heteroatoms. The fraction of sp³-hybridized carbons (Fsp3) is 0.621. The van der Waals surface area contributed by atoms with Gasteiger partial charge < -0.3 is 9.47 Å². The molecule has 2 aromatic rings. The maximum Gasteiger partial charge on any atom is 0.119 e. The molecule has 0 aliphatic carbocycles. The molecule has 32 heavy (non-hydrogen) atoms. The Labute approximate surface area is 197 Å². The van der Waals surface area contributed by atoms with E-state index in [9.17, 15) is 0 Å². The minimum atomic E-state index is 0.597. The predicted molar refractivity (Wildman–Crippen MR) is 136 cm³/mol. The quantitative estimate of drug-likeness (QED) is 0.206. The van der Waals surface area contributed by atoms with Gasteiger partial charge in [-0.2, -0.15) is 0 Å². The Bertz CT molecular complexity index is 681. The fourth-order valence-electron chi connectivity index (χ4n) is 3.88. The van der Waals surface area contributed by atoms with E-state index in [1.807, 2.05) is 18.3 Å². The van der Waals surface area contributed by atoms with Gasteiger partial charge >= 0.3 is 0 Å². The summed E-state index contributed by atoms with van der Waals surface area (Å²) in [5.74, 6) is 0.885. The van der Waals surface area contributed by atoms with Crippen LogP contribution >= 0.6 is 0 Å². The normalized spacial score (nSPS) is 11.1. The molecule has 0 aliphatic rings. The number of aryl methyl sites for hydroxylation is 1. The third kappa shape index (κ3) is 11.7. The lowest BCUT2D eigenvalue weighted by Crippen LogP contribution is -2.07. The van der Waals surface area contributed by atoms with E-state index in [4.69, 9.17) is 9.47 Å². The minimum Gasteiger partial charge on any atom is -0.491 e. The summed E-state index contributed by atoms with van der Waals surface area (Å²) in [6, 6.07) is 12.6. The lowest BCUT2D eigenvalue weighted by atomic mass is 10.0. The molecule has 0 amide bonds. The van der Waals surface area contributed by atoms with E-state index in [0.29, 0.717) is 13.2 Å². The first-order valence-corrected chi connectivity index (χ1v) is 13.1. The van der Waals surface area contributed by atoms with Crippen molar-refractivity contribution in [1.82, 2.24) is 4.98 Å². The van der Waals surface area contributed by atoms with Crippen LogP contribution in [0.2, 0.25) is 0 Å². The maximum absolute atomic E-state index is 5.80. The van der Waals surface area contributed by atoms with Crippen molar-refractivity contribution >= 4 is 0 Å². The zero-order valence-electron chi connectivity index (χ0n) is 20.6. The van der Waals surface area contributed by atoms with Gasteiger partial charge in [0.05, 0.1) is 12.3 Å². The van der Waals surface area contributed by atoms with Crippen molar-refractivity contribution in [3.8, 4) is 17.0 Å². The standard InChI is InChI=1S/C29H45NO2/c1-3-5-7-9-10-11-13-15-26-16-21-29(30-25-26)27-17-19-28(20-18-27)32-24-23-31-22-14-12-8-6-4-2/h16-21,25H,3-15,22-24H2,1-2H3. The molecule has 2 rings (SSSR count). The number of rotatable bonds is 19. The van der Waals surface area contributed by atoms with Crippen LogP contribution in [-0.2, 0) is 11.2 Å². The second-order valence-corrected chi connectivity index (χ2v) is 8.82. The van der Waals surface area contributed by atoms with E-state index < -0.39 is 0 Å². The molecule has 0 aliphatic heterocycles. The molecule has 0 N–H and O–H groups in total. The van der Waals surface area contributed by atoms with Crippen LogP contribution in [-0.4, -0.2) is 24.8 Å².